The van der Waals surface area contributed by atoms with Crippen LogP contribution in [-0.4, -0.2) is 28.7 Å². The summed E-state index contributed by atoms with van der Waals surface area (Å²) >= 11 is 0. The highest BCUT2D eigenvalue weighted by Gasteiger charge is 2.19. The number of H-pyrrole nitrogens is 1. The monoisotopic (exact) mass is 415 g/mol. The van der Waals surface area contributed by atoms with Crippen LogP contribution in [0.15, 0.2) is 58.4 Å². The Morgan fingerprint density at radius 1 is 1.06 bits per heavy atom. The van der Waals surface area contributed by atoms with Crippen LogP contribution in [0.5, 0.6) is 0 Å². The van der Waals surface area contributed by atoms with Crippen LogP contribution in [0.3, 0.4) is 0 Å². The molecular formula is C22H21N7O2. The molecule has 5 rings (SSSR count). The molecule has 0 unspecified atom stereocenters. The summed E-state index contributed by atoms with van der Waals surface area (Å²) in [4.78, 5) is 38.1. The van der Waals surface area contributed by atoms with E-state index in [0.29, 0.717) is 17.1 Å². The summed E-state index contributed by atoms with van der Waals surface area (Å²) < 4.78 is 4.31. The number of imidazole rings is 1. The number of hydrogen-bond donors (Lipinski definition) is 2. The maximum atomic E-state index is 13.3. The van der Waals surface area contributed by atoms with Gasteiger partial charge in [-0.1, -0.05) is 18.2 Å². The quantitative estimate of drug-likeness (QED) is 0.469. The van der Waals surface area contributed by atoms with Crippen molar-refractivity contribution in [2.24, 2.45) is 14.1 Å². The zero-order valence-electron chi connectivity index (χ0n) is 17.4. The second-order valence-electron chi connectivity index (χ2n) is 7.59. The zero-order valence-corrected chi connectivity index (χ0v) is 17.4. The topological polar surface area (TPSA) is 103 Å². The molecule has 0 saturated heterocycles. The molecule has 156 valence electrons. The van der Waals surface area contributed by atoms with E-state index in [-0.39, 0.29) is 12.1 Å². The maximum absolute atomic E-state index is 13.3. The molecule has 0 fully saturated rings. The van der Waals surface area contributed by atoms with Crippen LogP contribution in [0.2, 0.25) is 0 Å². The number of aromatic amines is 1. The standard InChI is InChI=1S/C22H21N7O2/c1-13-5-4-6-14-11-16(24-17(13)14)12-29-20(30)18-19(28(3)22(29)31)26-21(27(18)2)25-15-7-9-23-10-8-15/h4-11,24H,12H2,1-3H3,(H,23,25,26). The number of benzene rings is 1. The molecule has 0 aliphatic rings. The minimum atomic E-state index is -0.415. The van der Waals surface area contributed by atoms with E-state index in [2.05, 4.69) is 20.3 Å². The third-order valence-corrected chi connectivity index (χ3v) is 5.55. The maximum Gasteiger partial charge on any atom is 0.332 e. The molecule has 4 aromatic heterocycles. The Bertz CT molecular complexity index is 1550. The van der Waals surface area contributed by atoms with E-state index in [9.17, 15) is 9.59 Å². The van der Waals surface area contributed by atoms with Crippen molar-refractivity contribution in [2.75, 3.05) is 5.32 Å². The van der Waals surface area contributed by atoms with Crippen molar-refractivity contribution in [3.8, 4) is 0 Å². The Morgan fingerprint density at radius 2 is 1.84 bits per heavy atom. The highest BCUT2D eigenvalue weighted by Crippen LogP contribution is 2.20. The number of aromatic nitrogens is 6. The first-order valence-electron chi connectivity index (χ1n) is 9.84. The fourth-order valence-electron chi connectivity index (χ4n) is 3.88. The second-order valence-corrected chi connectivity index (χ2v) is 7.59. The van der Waals surface area contributed by atoms with Gasteiger partial charge in [0.2, 0.25) is 5.95 Å². The van der Waals surface area contributed by atoms with Crippen LogP contribution in [0.1, 0.15) is 11.3 Å². The van der Waals surface area contributed by atoms with Crippen molar-refractivity contribution in [1.82, 2.24) is 28.7 Å². The molecule has 9 nitrogen and oxygen atoms in total. The molecule has 0 aliphatic heterocycles. The average Bonchev–Trinajstić information content (AvgIpc) is 3.32. The molecule has 5 aromatic rings. The first kappa shape index (κ1) is 18.9. The van der Waals surface area contributed by atoms with Crippen LogP contribution in [0, 0.1) is 6.92 Å². The van der Waals surface area contributed by atoms with Gasteiger partial charge >= 0.3 is 5.69 Å². The molecule has 9 heteroatoms. The SMILES string of the molecule is Cc1cccc2cc(Cn3c(=O)c4c(nc(Nc5ccncc5)n4C)n(C)c3=O)[nH]c12. The smallest absolute Gasteiger partial charge is 0.332 e. The summed E-state index contributed by atoms with van der Waals surface area (Å²) in [6, 6.07) is 11.6. The van der Waals surface area contributed by atoms with Gasteiger partial charge in [0.25, 0.3) is 5.56 Å². The molecule has 1 aromatic carbocycles. The Balaban J connectivity index is 1.63. The van der Waals surface area contributed by atoms with Crippen molar-refractivity contribution >= 4 is 33.7 Å². The van der Waals surface area contributed by atoms with Gasteiger partial charge in [0.1, 0.15) is 0 Å². The van der Waals surface area contributed by atoms with Crippen LogP contribution in [0.25, 0.3) is 22.1 Å². The molecule has 2 N–H and O–H groups in total. The molecule has 0 amide bonds. The number of anilines is 2. The fourth-order valence-corrected chi connectivity index (χ4v) is 3.88. The Labute approximate surface area is 176 Å². The Hall–Kier alpha value is -4.14. The van der Waals surface area contributed by atoms with Gasteiger partial charge in [-0.15, -0.1) is 0 Å². The molecular weight excluding hydrogens is 394 g/mol. The lowest BCUT2D eigenvalue weighted by Gasteiger charge is -2.08. The minimum Gasteiger partial charge on any atom is -0.357 e. The molecule has 0 bridgehead atoms. The van der Waals surface area contributed by atoms with Crippen LogP contribution < -0.4 is 16.6 Å². The summed E-state index contributed by atoms with van der Waals surface area (Å²) in [5, 5.41) is 4.22. The van der Waals surface area contributed by atoms with Crippen LogP contribution in [0.4, 0.5) is 11.6 Å². The minimum absolute atomic E-state index is 0.147. The summed E-state index contributed by atoms with van der Waals surface area (Å²) in [7, 11) is 3.38. The number of rotatable bonds is 4. The van der Waals surface area contributed by atoms with Gasteiger partial charge in [-0.2, -0.15) is 4.98 Å². The Kier molecular flexibility index (Phi) is 4.25. The van der Waals surface area contributed by atoms with Crippen LogP contribution >= 0.6 is 0 Å². The number of aryl methyl sites for hydroxylation is 3. The molecule has 0 saturated carbocycles. The molecule has 31 heavy (non-hydrogen) atoms. The lowest BCUT2D eigenvalue weighted by Crippen LogP contribution is -2.39. The first-order valence-corrected chi connectivity index (χ1v) is 9.84. The molecule has 0 aliphatic carbocycles. The number of nitrogens with zero attached hydrogens (tertiary/aromatic N) is 5. The fraction of sp³-hybridized carbons (Fsp3) is 0.182. The third-order valence-electron chi connectivity index (χ3n) is 5.55. The summed E-state index contributed by atoms with van der Waals surface area (Å²) in [6.45, 7) is 2.17. The highest BCUT2D eigenvalue weighted by atomic mass is 16.2. The van der Waals surface area contributed by atoms with E-state index in [1.807, 2.05) is 31.2 Å². The second kappa shape index (κ2) is 6.98. The number of fused-ring (bicyclic) bond motifs is 2. The van der Waals surface area contributed by atoms with E-state index in [1.54, 1.807) is 43.2 Å². The van der Waals surface area contributed by atoms with Gasteiger partial charge in [0.15, 0.2) is 11.2 Å². The predicted octanol–water partition coefficient (Wildman–Crippen LogP) is 2.41. The van der Waals surface area contributed by atoms with Gasteiger partial charge in [-0.05, 0) is 36.1 Å². The Morgan fingerprint density at radius 3 is 2.58 bits per heavy atom. The summed E-state index contributed by atoms with van der Waals surface area (Å²) in [6.07, 6.45) is 3.32. The zero-order chi connectivity index (χ0) is 21.7. The van der Waals surface area contributed by atoms with Crippen LogP contribution in [-0.2, 0) is 20.6 Å². The lowest BCUT2D eigenvalue weighted by molar-refractivity contribution is 0.648. The molecule has 0 radical (unpaired) electrons. The van der Waals surface area contributed by atoms with Gasteiger partial charge in [0, 0.05) is 43.4 Å². The lowest BCUT2D eigenvalue weighted by atomic mass is 10.2. The van der Waals surface area contributed by atoms with Gasteiger partial charge in [-0.3, -0.25) is 18.9 Å². The van der Waals surface area contributed by atoms with E-state index in [4.69, 9.17) is 0 Å². The van der Waals surface area contributed by atoms with Crippen molar-refractivity contribution in [1.29, 1.82) is 0 Å². The van der Waals surface area contributed by atoms with E-state index in [0.717, 1.165) is 27.8 Å². The first-order chi connectivity index (χ1) is 14.9. The van der Waals surface area contributed by atoms with E-state index in [1.165, 1.54) is 9.13 Å². The van der Waals surface area contributed by atoms with Crippen molar-refractivity contribution in [3.05, 3.63) is 80.9 Å². The molecule has 0 spiro atoms. The predicted molar refractivity (Wildman–Crippen MR) is 120 cm³/mol. The van der Waals surface area contributed by atoms with Crippen molar-refractivity contribution < 1.29 is 0 Å². The van der Waals surface area contributed by atoms with E-state index >= 15 is 0 Å². The molecule has 0 atom stereocenters. The molecule has 4 heterocycles. The summed E-state index contributed by atoms with van der Waals surface area (Å²) in [5.74, 6) is 0.465. The largest absolute Gasteiger partial charge is 0.357 e. The number of nitrogens with one attached hydrogen (secondary N) is 2. The summed E-state index contributed by atoms with van der Waals surface area (Å²) in [5.41, 5.74) is 3.58. The van der Waals surface area contributed by atoms with Gasteiger partial charge < -0.3 is 14.9 Å². The number of para-hydroxylation sites is 1. The van der Waals surface area contributed by atoms with E-state index < -0.39 is 5.69 Å². The number of pyridine rings is 1. The average molecular weight is 415 g/mol. The number of hydrogen-bond acceptors (Lipinski definition) is 5. The van der Waals surface area contributed by atoms with Crippen molar-refractivity contribution in [3.63, 3.8) is 0 Å². The van der Waals surface area contributed by atoms with Crippen molar-refractivity contribution in [2.45, 2.75) is 13.5 Å². The highest BCUT2D eigenvalue weighted by molar-refractivity contribution is 5.83. The third kappa shape index (κ3) is 3.02. The van der Waals surface area contributed by atoms with Gasteiger partial charge in [-0.25, -0.2) is 4.79 Å². The normalized spacial score (nSPS) is 11.5. The van der Waals surface area contributed by atoms with Gasteiger partial charge in [0.05, 0.1) is 6.54 Å².